The van der Waals surface area contributed by atoms with Crippen molar-refractivity contribution >= 4 is 5.82 Å². The lowest BCUT2D eigenvalue weighted by molar-refractivity contribution is 0.545. The van der Waals surface area contributed by atoms with Crippen molar-refractivity contribution in [1.82, 2.24) is 4.98 Å². The van der Waals surface area contributed by atoms with E-state index < -0.39 is 0 Å². The number of hydrogen-bond donors (Lipinski definition) is 0. The van der Waals surface area contributed by atoms with E-state index in [9.17, 15) is 0 Å². The predicted octanol–water partition coefficient (Wildman–Crippen LogP) is 2.83. The van der Waals surface area contributed by atoms with Crippen LogP contribution >= 0.6 is 0 Å². The van der Waals surface area contributed by atoms with Gasteiger partial charge < -0.3 is 4.90 Å². The van der Waals surface area contributed by atoms with Crippen molar-refractivity contribution in [2.24, 2.45) is 5.92 Å². The molecule has 0 aliphatic carbocycles. The molecule has 0 fully saturated rings. The molecule has 1 rings (SSSR count). The molecule has 1 atom stereocenters. The SMILES string of the molecule is CCC(C)CN(CC)c1ccc(C#N)cn1. The summed E-state index contributed by atoms with van der Waals surface area (Å²) in [4.78, 5) is 6.56. The van der Waals surface area contributed by atoms with Crippen LogP contribution in [-0.2, 0) is 0 Å². The summed E-state index contributed by atoms with van der Waals surface area (Å²) >= 11 is 0. The number of aromatic nitrogens is 1. The third-order valence-corrected chi connectivity index (χ3v) is 2.81. The van der Waals surface area contributed by atoms with Crippen LogP contribution in [0.3, 0.4) is 0 Å². The maximum absolute atomic E-state index is 8.70. The first-order chi connectivity index (χ1) is 7.71. The Kier molecular flexibility index (Phi) is 4.78. The number of pyridine rings is 1. The summed E-state index contributed by atoms with van der Waals surface area (Å²) in [5.74, 6) is 1.62. The van der Waals surface area contributed by atoms with Gasteiger partial charge in [-0.25, -0.2) is 4.98 Å². The summed E-state index contributed by atoms with van der Waals surface area (Å²) in [7, 11) is 0. The van der Waals surface area contributed by atoms with Crippen molar-refractivity contribution in [3.63, 3.8) is 0 Å². The lowest BCUT2D eigenvalue weighted by Gasteiger charge is -2.24. The molecular weight excluding hydrogens is 198 g/mol. The topological polar surface area (TPSA) is 39.9 Å². The summed E-state index contributed by atoms with van der Waals surface area (Å²) < 4.78 is 0. The van der Waals surface area contributed by atoms with Gasteiger partial charge in [-0.3, -0.25) is 0 Å². The van der Waals surface area contributed by atoms with Crippen LogP contribution in [0.2, 0.25) is 0 Å². The van der Waals surface area contributed by atoms with Crippen molar-refractivity contribution in [3.8, 4) is 6.07 Å². The van der Waals surface area contributed by atoms with E-state index in [-0.39, 0.29) is 0 Å². The molecule has 3 heteroatoms. The zero-order valence-electron chi connectivity index (χ0n) is 10.3. The molecule has 0 saturated heterocycles. The van der Waals surface area contributed by atoms with E-state index >= 15 is 0 Å². The molecule has 3 nitrogen and oxygen atoms in total. The van der Waals surface area contributed by atoms with Gasteiger partial charge in [-0.2, -0.15) is 5.26 Å². The fourth-order valence-electron chi connectivity index (χ4n) is 1.53. The normalized spacial score (nSPS) is 11.9. The van der Waals surface area contributed by atoms with Gasteiger partial charge in [0.05, 0.1) is 5.56 Å². The largest absolute Gasteiger partial charge is 0.357 e. The quantitative estimate of drug-likeness (QED) is 0.761. The van der Waals surface area contributed by atoms with E-state index in [1.807, 2.05) is 12.1 Å². The van der Waals surface area contributed by atoms with Gasteiger partial charge in [0.25, 0.3) is 0 Å². The molecule has 0 spiro atoms. The molecule has 1 unspecified atom stereocenters. The highest BCUT2D eigenvalue weighted by Crippen LogP contribution is 2.14. The highest BCUT2D eigenvalue weighted by molar-refractivity contribution is 5.41. The number of hydrogen-bond acceptors (Lipinski definition) is 3. The molecule has 1 heterocycles. The molecule has 0 aromatic carbocycles. The Bertz CT molecular complexity index is 350. The minimum atomic E-state index is 0.614. The molecular formula is C13H19N3. The predicted molar refractivity (Wildman–Crippen MR) is 66.3 cm³/mol. The Morgan fingerprint density at radius 1 is 1.44 bits per heavy atom. The van der Waals surface area contributed by atoms with Crippen molar-refractivity contribution in [2.45, 2.75) is 27.2 Å². The number of nitriles is 1. The number of anilines is 1. The third-order valence-electron chi connectivity index (χ3n) is 2.81. The Morgan fingerprint density at radius 2 is 2.19 bits per heavy atom. The summed E-state index contributed by atoms with van der Waals surface area (Å²) in [6, 6.07) is 5.82. The van der Waals surface area contributed by atoms with Gasteiger partial charge in [-0.1, -0.05) is 20.3 Å². The standard InChI is InChI=1S/C13H19N3/c1-4-11(3)10-16(5-2)13-7-6-12(8-14)9-15-13/h6-7,9,11H,4-5,10H2,1-3H3. The molecule has 0 radical (unpaired) electrons. The first-order valence-corrected chi connectivity index (χ1v) is 5.82. The highest BCUT2D eigenvalue weighted by atomic mass is 15.2. The highest BCUT2D eigenvalue weighted by Gasteiger charge is 2.09. The van der Waals surface area contributed by atoms with Crippen LogP contribution in [0.5, 0.6) is 0 Å². The van der Waals surface area contributed by atoms with Gasteiger partial charge in [0.15, 0.2) is 0 Å². The summed E-state index contributed by atoms with van der Waals surface area (Å²) in [5.41, 5.74) is 0.614. The van der Waals surface area contributed by atoms with Crippen LogP contribution in [0.1, 0.15) is 32.8 Å². The van der Waals surface area contributed by atoms with Crippen molar-refractivity contribution in [3.05, 3.63) is 23.9 Å². The Labute approximate surface area is 97.7 Å². The van der Waals surface area contributed by atoms with Crippen molar-refractivity contribution < 1.29 is 0 Å². The van der Waals surface area contributed by atoms with Crippen LogP contribution in [-0.4, -0.2) is 18.1 Å². The van der Waals surface area contributed by atoms with Gasteiger partial charge in [-0.05, 0) is 25.0 Å². The van der Waals surface area contributed by atoms with Crippen molar-refractivity contribution in [1.29, 1.82) is 5.26 Å². The maximum atomic E-state index is 8.70. The van der Waals surface area contributed by atoms with Gasteiger partial charge in [0.2, 0.25) is 0 Å². The smallest absolute Gasteiger partial charge is 0.128 e. The van der Waals surface area contributed by atoms with Gasteiger partial charge in [0, 0.05) is 19.3 Å². The maximum Gasteiger partial charge on any atom is 0.128 e. The van der Waals surface area contributed by atoms with Gasteiger partial charge >= 0.3 is 0 Å². The van der Waals surface area contributed by atoms with E-state index in [0.717, 1.165) is 18.9 Å². The molecule has 1 aromatic rings. The van der Waals surface area contributed by atoms with Crippen molar-refractivity contribution in [2.75, 3.05) is 18.0 Å². The molecule has 16 heavy (non-hydrogen) atoms. The second kappa shape index (κ2) is 6.12. The second-order valence-electron chi connectivity index (χ2n) is 4.07. The first kappa shape index (κ1) is 12.5. The summed E-state index contributed by atoms with van der Waals surface area (Å²) in [5, 5.41) is 8.70. The summed E-state index contributed by atoms with van der Waals surface area (Å²) in [6.07, 6.45) is 2.81. The van der Waals surface area contributed by atoms with E-state index in [1.54, 1.807) is 6.20 Å². The molecule has 86 valence electrons. The fraction of sp³-hybridized carbons (Fsp3) is 0.538. The molecule has 1 aromatic heterocycles. The average molecular weight is 217 g/mol. The summed E-state index contributed by atoms with van der Waals surface area (Å²) in [6.45, 7) is 8.54. The van der Waals surface area contributed by atoms with E-state index in [4.69, 9.17) is 5.26 Å². The van der Waals surface area contributed by atoms with Crippen LogP contribution in [0.4, 0.5) is 5.82 Å². The molecule has 0 aliphatic rings. The van der Waals surface area contributed by atoms with E-state index in [2.05, 4.69) is 36.7 Å². The Balaban J connectivity index is 2.75. The van der Waals surface area contributed by atoms with Crippen LogP contribution in [0.25, 0.3) is 0 Å². The molecule has 0 N–H and O–H groups in total. The zero-order chi connectivity index (χ0) is 12.0. The van der Waals surface area contributed by atoms with Crippen LogP contribution in [0, 0.1) is 17.2 Å². The molecule has 0 aliphatic heterocycles. The molecule has 0 saturated carbocycles. The average Bonchev–Trinajstić information content (AvgIpc) is 2.35. The van der Waals surface area contributed by atoms with Crippen LogP contribution in [0.15, 0.2) is 18.3 Å². The fourth-order valence-corrected chi connectivity index (χ4v) is 1.53. The number of rotatable bonds is 5. The minimum Gasteiger partial charge on any atom is -0.357 e. The first-order valence-electron chi connectivity index (χ1n) is 5.82. The van der Waals surface area contributed by atoms with E-state index in [0.29, 0.717) is 11.5 Å². The second-order valence-corrected chi connectivity index (χ2v) is 4.07. The Hall–Kier alpha value is -1.56. The Morgan fingerprint density at radius 3 is 2.62 bits per heavy atom. The minimum absolute atomic E-state index is 0.614. The number of nitrogens with zero attached hydrogens (tertiary/aromatic N) is 3. The van der Waals surface area contributed by atoms with Gasteiger partial charge in [-0.15, -0.1) is 0 Å². The lowest BCUT2D eigenvalue weighted by atomic mass is 10.1. The zero-order valence-corrected chi connectivity index (χ0v) is 10.3. The molecule has 0 amide bonds. The lowest BCUT2D eigenvalue weighted by Crippen LogP contribution is -2.28. The van der Waals surface area contributed by atoms with Crippen LogP contribution < -0.4 is 4.90 Å². The molecule has 0 bridgehead atoms. The van der Waals surface area contributed by atoms with E-state index in [1.165, 1.54) is 6.42 Å². The van der Waals surface area contributed by atoms with Gasteiger partial charge in [0.1, 0.15) is 11.9 Å². The third kappa shape index (κ3) is 3.23. The monoisotopic (exact) mass is 217 g/mol.